The molecule has 1 aliphatic carbocycles. The van der Waals surface area contributed by atoms with Crippen molar-refractivity contribution >= 4 is 0 Å². The number of alkyl halides is 2. The van der Waals surface area contributed by atoms with Gasteiger partial charge in [-0.2, -0.15) is 0 Å². The average Bonchev–Trinajstić information content (AvgIpc) is 2.28. The summed E-state index contributed by atoms with van der Waals surface area (Å²) in [5.41, 5.74) is -0.266. The van der Waals surface area contributed by atoms with Crippen LogP contribution in [0.15, 0.2) is 18.2 Å². The van der Waals surface area contributed by atoms with E-state index in [-0.39, 0.29) is 11.7 Å². The zero-order valence-corrected chi connectivity index (χ0v) is 9.63. The first-order valence-electron chi connectivity index (χ1n) is 5.76. The van der Waals surface area contributed by atoms with Gasteiger partial charge >= 0.3 is 0 Å². The van der Waals surface area contributed by atoms with E-state index in [0.717, 1.165) is 18.9 Å². The lowest BCUT2D eigenvalue weighted by Crippen LogP contribution is -2.31. The van der Waals surface area contributed by atoms with E-state index in [1.165, 1.54) is 12.1 Å². The van der Waals surface area contributed by atoms with Gasteiger partial charge in [-0.1, -0.05) is 6.92 Å². The summed E-state index contributed by atoms with van der Waals surface area (Å²) in [6, 6.07) is 3.82. The van der Waals surface area contributed by atoms with Crippen molar-refractivity contribution in [1.82, 2.24) is 0 Å². The molecule has 4 heteroatoms. The predicted molar refractivity (Wildman–Crippen MR) is 59.0 cm³/mol. The number of benzene rings is 1. The van der Waals surface area contributed by atoms with Crippen LogP contribution in [0.3, 0.4) is 0 Å². The van der Waals surface area contributed by atoms with Crippen LogP contribution in [0.25, 0.3) is 0 Å². The molecule has 0 saturated heterocycles. The molecule has 0 N–H and O–H groups in total. The van der Waals surface area contributed by atoms with Crippen LogP contribution in [0.4, 0.5) is 13.2 Å². The molecule has 0 amide bonds. The van der Waals surface area contributed by atoms with Crippen LogP contribution in [0.1, 0.15) is 31.5 Å². The molecule has 1 nitrogen and oxygen atoms in total. The molecule has 0 spiro atoms. The Kier molecular flexibility index (Phi) is 3.60. The van der Waals surface area contributed by atoms with Gasteiger partial charge in [-0.05, 0) is 37.0 Å². The van der Waals surface area contributed by atoms with E-state index >= 15 is 0 Å². The monoisotopic (exact) mass is 244 g/mol. The first-order chi connectivity index (χ1) is 8.10. The molecule has 1 unspecified atom stereocenters. The topological polar surface area (TPSA) is 9.23 Å². The highest BCUT2D eigenvalue weighted by Gasteiger charge is 2.27. The molecule has 0 heterocycles. The highest BCUT2D eigenvalue weighted by Crippen LogP contribution is 2.32. The Morgan fingerprint density at radius 3 is 2.71 bits per heavy atom. The summed E-state index contributed by atoms with van der Waals surface area (Å²) in [5.74, 6) is 0.318. The second-order valence-electron chi connectivity index (χ2n) is 4.62. The van der Waals surface area contributed by atoms with Gasteiger partial charge in [0.15, 0.2) is 6.17 Å². The molecular weight excluding hydrogens is 229 g/mol. The quantitative estimate of drug-likeness (QED) is 0.778. The Balaban J connectivity index is 2.08. The van der Waals surface area contributed by atoms with Gasteiger partial charge in [0.1, 0.15) is 18.2 Å². The van der Waals surface area contributed by atoms with Gasteiger partial charge in [-0.15, -0.1) is 0 Å². The molecule has 1 atom stereocenters. The predicted octanol–water partition coefficient (Wildman–Crippen LogP) is 3.98. The van der Waals surface area contributed by atoms with Gasteiger partial charge in [-0.3, -0.25) is 0 Å². The fourth-order valence-electron chi connectivity index (χ4n) is 2.04. The van der Waals surface area contributed by atoms with E-state index in [2.05, 4.69) is 6.92 Å². The van der Waals surface area contributed by atoms with E-state index in [9.17, 15) is 13.2 Å². The van der Waals surface area contributed by atoms with Crippen molar-refractivity contribution in [3.63, 3.8) is 0 Å². The maximum absolute atomic E-state index is 13.2. The number of ether oxygens (including phenoxy) is 1. The number of hydrogen-bond acceptors (Lipinski definition) is 1. The summed E-state index contributed by atoms with van der Waals surface area (Å²) in [4.78, 5) is 0. The van der Waals surface area contributed by atoms with Gasteiger partial charge in [0.2, 0.25) is 0 Å². The summed E-state index contributed by atoms with van der Waals surface area (Å²) in [6.45, 7) is 0.900. The zero-order chi connectivity index (χ0) is 12.4. The third-order valence-corrected chi connectivity index (χ3v) is 3.07. The van der Waals surface area contributed by atoms with Crippen LogP contribution < -0.4 is 4.74 Å². The minimum absolute atomic E-state index is 0.117. The van der Waals surface area contributed by atoms with E-state index < -0.39 is 18.7 Å². The van der Waals surface area contributed by atoms with Crippen molar-refractivity contribution in [2.45, 2.75) is 32.0 Å². The zero-order valence-electron chi connectivity index (χ0n) is 9.63. The second-order valence-corrected chi connectivity index (χ2v) is 4.62. The fourth-order valence-corrected chi connectivity index (χ4v) is 2.04. The highest BCUT2D eigenvalue weighted by atomic mass is 19.2. The fraction of sp³-hybridized carbons (Fsp3) is 0.538. The third kappa shape index (κ3) is 2.73. The number of halogens is 3. The van der Waals surface area contributed by atoms with E-state index in [0.29, 0.717) is 11.7 Å². The van der Waals surface area contributed by atoms with Crippen LogP contribution in [-0.4, -0.2) is 12.8 Å². The molecule has 0 aromatic heterocycles. The number of hydrogen-bond donors (Lipinski definition) is 0. The van der Waals surface area contributed by atoms with Gasteiger partial charge in [0.05, 0.1) is 6.10 Å². The number of rotatable bonds is 4. The van der Waals surface area contributed by atoms with Crippen LogP contribution in [0.2, 0.25) is 0 Å². The lowest BCUT2D eigenvalue weighted by atomic mass is 9.84. The smallest absolute Gasteiger partial charge is 0.156 e. The first-order valence-corrected chi connectivity index (χ1v) is 5.76. The van der Waals surface area contributed by atoms with Crippen LogP contribution in [-0.2, 0) is 0 Å². The molecule has 1 aromatic carbocycles. The molecule has 2 rings (SSSR count). The normalized spacial score (nSPS) is 25.2. The molecule has 1 aliphatic rings. The Labute approximate surface area is 98.6 Å². The minimum atomic E-state index is -1.92. The summed E-state index contributed by atoms with van der Waals surface area (Å²) >= 11 is 0. The van der Waals surface area contributed by atoms with E-state index in [1.807, 2.05) is 0 Å². The largest absolute Gasteiger partial charge is 0.490 e. The summed E-state index contributed by atoms with van der Waals surface area (Å²) < 4.78 is 44.1. The van der Waals surface area contributed by atoms with Crippen molar-refractivity contribution < 1.29 is 17.9 Å². The van der Waals surface area contributed by atoms with Crippen LogP contribution in [0, 0.1) is 11.7 Å². The standard InChI is InChI=1S/C13H15F3O/c1-8-4-10(5-8)17-9-2-3-12(15)11(6-9)13(16)7-14/h2-3,6,8,10,13H,4-5,7H2,1H3. The first kappa shape index (κ1) is 12.3. The highest BCUT2D eigenvalue weighted by molar-refractivity contribution is 5.31. The lowest BCUT2D eigenvalue weighted by Gasteiger charge is -2.33. The molecule has 17 heavy (non-hydrogen) atoms. The van der Waals surface area contributed by atoms with E-state index in [4.69, 9.17) is 4.74 Å². The Hall–Kier alpha value is -1.19. The summed E-state index contributed by atoms with van der Waals surface area (Å²) in [5, 5.41) is 0. The molecule has 0 radical (unpaired) electrons. The molecule has 1 saturated carbocycles. The summed E-state index contributed by atoms with van der Waals surface area (Å²) in [6.07, 6.45) is 0.106. The maximum Gasteiger partial charge on any atom is 0.156 e. The van der Waals surface area contributed by atoms with Gasteiger partial charge < -0.3 is 4.74 Å². The van der Waals surface area contributed by atoms with Crippen molar-refractivity contribution in [3.8, 4) is 5.75 Å². The van der Waals surface area contributed by atoms with E-state index in [1.54, 1.807) is 0 Å². The Morgan fingerprint density at radius 2 is 2.12 bits per heavy atom. The lowest BCUT2D eigenvalue weighted by molar-refractivity contribution is 0.0735. The molecule has 0 bridgehead atoms. The molecule has 0 aliphatic heterocycles. The van der Waals surface area contributed by atoms with Gasteiger partial charge in [0.25, 0.3) is 0 Å². The Bertz CT molecular complexity index is 388. The second kappa shape index (κ2) is 4.98. The van der Waals surface area contributed by atoms with Gasteiger partial charge in [0, 0.05) is 5.56 Å². The molecule has 94 valence electrons. The van der Waals surface area contributed by atoms with Gasteiger partial charge in [-0.25, -0.2) is 13.2 Å². The average molecular weight is 244 g/mol. The Morgan fingerprint density at radius 1 is 1.41 bits per heavy atom. The summed E-state index contributed by atoms with van der Waals surface area (Å²) in [7, 11) is 0. The van der Waals surface area contributed by atoms with Crippen molar-refractivity contribution in [1.29, 1.82) is 0 Å². The SMILES string of the molecule is CC1CC(Oc2ccc(F)c(C(F)CF)c2)C1. The third-order valence-electron chi connectivity index (χ3n) is 3.07. The molecule has 1 aromatic rings. The maximum atomic E-state index is 13.2. The molecular formula is C13H15F3O. The van der Waals surface area contributed by atoms with Crippen LogP contribution in [0.5, 0.6) is 5.75 Å². The van der Waals surface area contributed by atoms with Crippen molar-refractivity contribution in [3.05, 3.63) is 29.6 Å². The minimum Gasteiger partial charge on any atom is -0.490 e. The van der Waals surface area contributed by atoms with Crippen molar-refractivity contribution in [2.75, 3.05) is 6.67 Å². The van der Waals surface area contributed by atoms with Crippen LogP contribution >= 0.6 is 0 Å². The molecule has 1 fully saturated rings. The van der Waals surface area contributed by atoms with Crippen molar-refractivity contribution in [2.24, 2.45) is 5.92 Å².